The van der Waals surface area contributed by atoms with E-state index in [4.69, 9.17) is 10.5 Å². The third kappa shape index (κ3) is 1.68. The summed E-state index contributed by atoms with van der Waals surface area (Å²) in [7, 11) is 0. The molecule has 3 heterocycles. The second kappa shape index (κ2) is 4.12. The molecule has 0 amide bonds. The molecule has 1 saturated heterocycles. The number of fused-ring (bicyclic) bond motifs is 1. The topological polar surface area (TPSA) is 119 Å². The fourth-order valence-corrected chi connectivity index (χ4v) is 2.38. The Hall–Kier alpha value is -1.77. The fraction of sp³-hybridized carbons (Fsp3) is 0.545. The second-order valence-corrected chi connectivity index (χ2v) is 4.67. The zero-order chi connectivity index (χ0) is 13.7. The molecular formula is C11H15N5O3. The average molecular weight is 265 g/mol. The molecule has 1 aliphatic rings. The van der Waals surface area contributed by atoms with Gasteiger partial charge in [-0.2, -0.15) is 0 Å². The van der Waals surface area contributed by atoms with Crippen molar-refractivity contribution in [3.8, 4) is 0 Å². The average Bonchev–Trinajstić information content (AvgIpc) is 2.83. The summed E-state index contributed by atoms with van der Waals surface area (Å²) in [5, 5.41) is 19.8. The molecule has 2 aromatic heterocycles. The Labute approximate surface area is 108 Å². The molecule has 1 aliphatic heterocycles. The molecule has 0 aliphatic carbocycles. The highest BCUT2D eigenvalue weighted by Gasteiger charge is 2.42. The molecule has 2 aromatic rings. The molecular weight excluding hydrogens is 250 g/mol. The first-order valence-corrected chi connectivity index (χ1v) is 5.97. The Bertz CT molecular complexity index is 628. The number of rotatable bonds is 1. The van der Waals surface area contributed by atoms with Crippen molar-refractivity contribution in [1.82, 2.24) is 19.5 Å². The van der Waals surface area contributed by atoms with Gasteiger partial charge in [-0.25, -0.2) is 15.0 Å². The Balaban J connectivity index is 2.16. The lowest BCUT2D eigenvalue weighted by Crippen LogP contribution is -2.30. The maximum Gasteiger partial charge on any atom is 0.167 e. The summed E-state index contributed by atoms with van der Waals surface area (Å²) in [6.07, 6.45) is -1.85. The molecule has 0 unspecified atom stereocenters. The third-order valence-corrected chi connectivity index (χ3v) is 3.41. The smallest absolute Gasteiger partial charge is 0.167 e. The quantitative estimate of drug-likeness (QED) is 0.627. The van der Waals surface area contributed by atoms with Crippen molar-refractivity contribution in [2.75, 3.05) is 5.73 Å². The van der Waals surface area contributed by atoms with Crippen LogP contribution in [0.25, 0.3) is 11.2 Å². The van der Waals surface area contributed by atoms with Gasteiger partial charge in [0, 0.05) is 0 Å². The number of nitrogens with zero attached hydrogens (tertiary/aromatic N) is 4. The van der Waals surface area contributed by atoms with Crippen molar-refractivity contribution in [1.29, 1.82) is 0 Å². The number of aryl methyl sites for hydroxylation is 1. The zero-order valence-corrected chi connectivity index (χ0v) is 10.6. The predicted molar refractivity (Wildman–Crippen MR) is 66.1 cm³/mol. The van der Waals surface area contributed by atoms with E-state index >= 15 is 0 Å². The van der Waals surface area contributed by atoms with E-state index in [1.807, 2.05) is 0 Å². The van der Waals surface area contributed by atoms with Crippen LogP contribution < -0.4 is 5.73 Å². The first-order valence-electron chi connectivity index (χ1n) is 5.97. The Kier molecular flexibility index (Phi) is 2.66. The number of aliphatic hydroxyl groups is 2. The number of hydrogen-bond acceptors (Lipinski definition) is 7. The molecule has 1 fully saturated rings. The van der Waals surface area contributed by atoms with E-state index in [1.165, 1.54) is 6.33 Å². The largest absolute Gasteiger partial charge is 0.388 e. The molecule has 0 spiro atoms. The summed E-state index contributed by atoms with van der Waals surface area (Å²) in [5.41, 5.74) is 6.69. The van der Waals surface area contributed by atoms with Crippen molar-refractivity contribution < 1.29 is 14.9 Å². The van der Waals surface area contributed by atoms with Crippen molar-refractivity contribution >= 4 is 17.0 Å². The maximum atomic E-state index is 10.1. The van der Waals surface area contributed by atoms with E-state index < -0.39 is 24.5 Å². The molecule has 0 bridgehead atoms. The molecule has 8 heteroatoms. The summed E-state index contributed by atoms with van der Waals surface area (Å²) in [4.78, 5) is 12.3. The van der Waals surface area contributed by atoms with Gasteiger partial charge in [-0.3, -0.25) is 4.57 Å². The van der Waals surface area contributed by atoms with E-state index in [2.05, 4.69) is 15.0 Å². The minimum atomic E-state index is -1.04. The Morgan fingerprint density at radius 1 is 1.32 bits per heavy atom. The number of anilines is 1. The molecule has 4 N–H and O–H groups in total. The minimum Gasteiger partial charge on any atom is -0.388 e. The standard InChI is InChI=1S/C11H15N5O3/c1-4-7(17)8(18)11(19-4)16-5(2)15-6-9(12)13-3-14-10(6)16/h3-4,7-8,11,17-18H,1-2H3,(H2,12,13,14)/t4-,7-,8-,11-/m1/s1. The lowest BCUT2D eigenvalue weighted by Gasteiger charge is -2.18. The number of nitrogens with two attached hydrogens (primary N) is 1. The number of aromatic nitrogens is 4. The first kappa shape index (κ1) is 12.3. The highest BCUT2D eigenvalue weighted by molar-refractivity contribution is 5.81. The summed E-state index contributed by atoms with van der Waals surface area (Å²) in [5.74, 6) is 0.862. The van der Waals surface area contributed by atoms with Crippen LogP contribution in [0.2, 0.25) is 0 Å². The summed E-state index contributed by atoms with van der Waals surface area (Å²) in [6.45, 7) is 3.46. The molecule has 3 rings (SSSR count). The van der Waals surface area contributed by atoms with Gasteiger partial charge in [0.05, 0.1) is 6.10 Å². The van der Waals surface area contributed by atoms with Crippen LogP contribution in [0, 0.1) is 6.92 Å². The molecule has 8 nitrogen and oxygen atoms in total. The molecule has 102 valence electrons. The molecule has 19 heavy (non-hydrogen) atoms. The van der Waals surface area contributed by atoms with Gasteiger partial charge >= 0.3 is 0 Å². The maximum absolute atomic E-state index is 10.1. The van der Waals surface area contributed by atoms with Crippen molar-refractivity contribution in [2.45, 2.75) is 38.4 Å². The van der Waals surface area contributed by atoms with Gasteiger partial charge < -0.3 is 20.7 Å². The molecule has 0 radical (unpaired) electrons. The third-order valence-electron chi connectivity index (χ3n) is 3.41. The van der Waals surface area contributed by atoms with Crippen LogP contribution in [0.3, 0.4) is 0 Å². The van der Waals surface area contributed by atoms with Crippen LogP contribution in [-0.2, 0) is 4.74 Å². The number of nitrogen functional groups attached to an aromatic ring is 1. The molecule has 4 atom stereocenters. The number of hydrogen-bond donors (Lipinski definition) is 3. The zero-order valence-electron chi connectivity index (χ0n) is 10.6. The van der Waals surface area contributed by atoms with E-state index in [-0.39, 0.29) is 5.82 Å². The minimum absolute atomic E-state index is 0.271. The normalized spacial score (nSPS) is 31.2. The predicted octanol–water partition coefficient (Wildman–Crippen LogP) is -0.644. The lowest BCUT2D eigenvalue weighted by atomic mass is 10.1. The SMILES string of the molecule is Cc1nc2c(N)ncnc2n1[C@@H]1O[C@H](C)[C@@H](O)[C@H]1O. The highest BCUT2D eigenvalue weighted by Crippen LogP contribution is 2.32. The number of imidazole rings is 1. The van der Waals surface area contributed by atoms with Gasteiger partial charge in [-0.15, -0.1) is 0 Å². The molecule has 0 aromatic carbocycles. The van der Waals surface area contributed by atoms with E-state index in [1.54, 1.807) is 18.4 Å². The first-order chi connectivity index (χ1) is 9.00. The van der Waals surface area contributed by atoms with Crippen LogP contribution in [0.5, 0.6) is 0 Å². The fourth-order valence-electron chi connectivity index (χ4n) is 2.38. The second-order valence-electron chi connectivity index (χ2n) is 4.67. The monoisotopic (exact) mass is 265 g/mol. The lowest BCUT2D eigenvalue weighted by molar-refractivity contribution is -0.0310. The van der Waals surface area contributed by atoms with Crippen LogP contribution in [0.15, 0.2) is 6.33 Å². The number of ether oxygens (including phenoxy) is 1. The van der Waals surface area contributed by atoms with Crippen molar-refractivity contribution in [2.24, 2.45) is 0 Å². The molecule has 0 saturated carbocycles. The number of aliphatic hydroxyl groups excluding tert-OH is 2. The van der Waals surface area contributed by atoms with E-state index in [9.17, 15) is 10.2 Å². The Morgan fingerprint density at radius 2 is 2.05 bits per heavy atom. The van der Waals surface area contributed by atoms with E-state index in [0.717, 1.165) is 0 Å². The van der Waals surface area contributed by atoms with Gasteiger partial charge in [-0.1, -0.05) is 0 Å². The summed E-state index contributed by atoms with van der Waals surface area (Å²) < 4.78 is 7.21. The van der Waals surface area contributed by atoms with Crippen molar-refractivity contribution in [3.05, 3.63) is 12.2 Å². The van der Waals surface area contributed by atoms with Gasteiger partial charge in [0.15, 0.2) is 23.2 Å². The Morgan fingerprint density at radius 3 is 2.68 bits per heavy atom. The summed E-state index contributed by atoms with van der Waals surface area (Å²) in [6, 6.07) is 0. The van der Waals surface area contributed by atoms with Crippen LogP contribution in [0.1, 0.15) is 19.0 Å². The van der Waals surface area contributed by atoms with Gasteiger partial charge in [0.1, 0.15) is 24.4 Å². The van der Waals surface area contributed by atoms with Gasteiger partial charge in [0.2, 0.25) is 0 Å². The van der Waals surface area contributed by atoms with Crippen LogP contribution >= 0.6 is 0 Å². The van der Waals surface area contributed by atoms with Crippen molar-refractivity contribution in [3.63, 3.8) is 0 Å². The van der Waals surface area contributed by atoms with Gasteiger partial charge in [0.25, 0.3) is 0 Å². The van der Waals surface area contributed by atoms with Crippen LogP contribution in [0.4, 0.5) is 5.82 Å². The van der Waals surface area contributed by atoms with Crippen LogP contribution in [-0.4, -0.2) is 48.0 Å². The highest BCUT2D eigenvalue weighted by atomic mass is 16.6. The van der Waals surface area contributed by atoms with E-state index in [0.29, 0.717) is 17.0 Å². The summed E-state index contributed by atoms with van der Waals surface area (Å²) >= 11 is 0. The van der Waals surface area contributed by atoms with Gasteiger partial charge in [-0.05, 0) is 13.8 Å².